The summed E-state index contributed by atoms with van der Waals surface area (Å²) in [4.78, 5) is 0. The van der Waals surface area contributed by atoms with Crippen LogP contribution in [0.3, 0.4) is 0 Å². The zero-order valence-corrected chi connectivity index (χ0v) is 20.1. The van der Waals surface area contributed by atoms with Gasteiger partial charge in [0.25, 0.3) is 0 Å². The van der Waals surface area contributed by atoms with Crippen molar-refractivity contribution in [1.29, 1.82) is 0 Å². The van der Waals surface area contributed by atoms with Crippen LogP contribution < -0.4 is 0 Å². The van der Waals surface area contributed by atoms with Gasteiger partial charge in [0, 0.05) is 5.92 Å². The molecule has 2 unspecified atom stereocenters. The minimum Gasteiger partial charge on any atom is -0.0809 e. The first-order valence-corrected chi connectivity index (χ1v) is 12.7. The van der Waals surface area contributed by atoms with Crippen LogP contribution >= 0.6 is 0 Å². The number of fused-ring (bicyclic) bond motifs is 14. The number of allylic oxidation sites excluding steroid dienone is 4. The highest BCUT2D eigenvalue weighted by molar-refractivity contribution is 6.07. The average molecular weight is 447 g/mol. The molecule has 0 saturated heterocycles. The van der Waals surface area contributed by atoms with Crippen LogP contribution in [-0.4, -0.2) is 0 Å². The SMILES string of the molecule is CC1=CCC2C(=C1)c1c(ccc3ccccc13)C21c2ccc(C)cc2-c2c1ccc1ccccc21. The van der Waals surface area contributed by atoms with Gasteiger partial charge >= 0.3 is 0 Å². The Morgan fingerprint density at radius 2 is 1.29 bits per heavy atom. The van der Waals surface area contributed by atoms with Crippen molar-refractivity contribution < 1.29 is 0 Å². The third-order valence-electron chi connectivity index (χ3n) is 8.82. The molecule has 0 radical (unpaired) electrons. The predicted molar refractivity (Wildman–Crippen MR) is 148 cm³/mol. The van der Waals surface area contributed by atoms with Crippen LogP contribution in [0.1, 0.15) is 41.2 Å². The number of hydrogen-bond donors (Lipinski definition) is 0. The molecular weight excluding hydrogens is 420 g/mol. The Morgan fingerprint density at radius 3 is 2.03 bits per heavy atom. The van der Waals surface area contributed by atoms with Crippen LogP contribution in [0.2, 0.25) is 0 Å². The van der Waals surface area contributed by atoms with Gasteiger partial charge in [0.1, 0.15) is 0 Å². The highest BCUT2D eigenvalue weighted by Gasteiger charge is 2.56. The minimum atomic E-state index is -0.162. The summed E-state index contributed by atoms with van der Waals surface area (Å²) in [5.74, 6) is 0.399. The van der Waals surface area contributed by atoms with Gasteiger partial charge in [0.2, 0.25) is 0 Å². The number of benzene rings is 5. The fourth-order valence-electron chi connectivity index (χ4n) is 7.50. The molecule has 1 spiro atoms. The van der Waals surface area contributed by atoms with Gasteiger partial charge in [-0.25, -0.2) is 0 Å². The lowest BCUT2D eigenvalue weighted by molar-refractivity contribution is 0.493. The highest BCUT2D eigenvalue weighted by atomic mass is 14.6. The van der Waals surface area contributed by atoms with Gasteiger partial charge in [0.05, 0.1) is 5.41 Å². The molecule has 0 nitrogen and oxygen atoms in total. The monoisotopic (exact) mass is 446 g/mol. The van der Waals surface area contributed by atoms with Crippen LogP contribution in [0.5, 0.6) is 0 Å². The molecule has 8 rings (SSSR count). The molecule has 0 heterocycles. The summed E-state index contributed by atoms with van der Waals surface area (Å²) in [6, 6.07) is 34.6. The van der Waals surface area contributed by atoms with Crippen molar-refractivity contribution in [2.45, 2.75) is 25.7 Å². The van der Waals surface area contributed by atoms with Crippen LogP contribution in [0.15, 0.2) is 109 Å². The molecule has 0 fully saturated rings. The van der Waals surface area contributed by atoms with E-state index in [2.05, 4.69) is 117 Å². The van der Waals surface area contributed by atoms with Crippen molar-refractivity contribution in [3.05, 3.63) is 137 Å². The summed E-state index contributed by atoms with van der Waals surface area (Å²) in [5, 5.41) is 5.41. The molecule has 0 aromatic heterocycles. The normalized spacial score (nSPS) is 21.5. The van der Waals surface area contributed by atoms with Crippen molar-refractivity contribution in [3.8, 4) is 11.1 Å². The van der Waals surface area contributed by atoms with Crippen molar-refractivity contribution in [2.24, 2.45) is 5.92 Å². The molecule has 0 amide bonds. The first kappa shape index (κ1) is 19.4. The molecule has 3 aliphatic carbocycles. The first-order valence-electron chi connectivity index (χ1n) is 12.7. The van der Waals surface area contributed by atoms with E-state index in [1.807, 2.05) is 0 Å². The van der Waals surface area contributed by atoms with E-state index < -0.39 is 0 Å². The van der Waals surface area contributed by atoms with Gasteiger partial charge in [-0.3, -0.25) is 0 Å². The Kier molecular flexibility index (Phi) is 3.67. The largest absolute Gasteiger partial charge is 0.0809 e. The van der Waals surface area contributed by atoms with E-state index >= 15 is 0 Å². The standard InChI is InChI=1S/C35H26/c1-21-11-15-29-27(19-21)33-25-9-5-3-7-23(25)13-17-31(33)35(29)30-16-12-22(2)20-28(30)34-26-10-6-4-8-24(26)14-18-32(34)35/h3-15,17-20,30H,16H2,1-2H3. The van der Waals surface area contributed by atoms with Crippen LogP contribution in [0, 0.1) is 12.8 Å². The Morgan fingerprint density at radius 1 is 0.657 bits per heavy atom. The van der Waals surface area contributed by atoms with Crippen LogP contribution in [0.4, 0.5) is 0 Å². The third kappa shape index (κ3) is 2.28. The lowest BCUT2D eigenvalue weighted by atomic mass is 9.65. The van der Waals surface area contributed by atoms with E-state index in [0.717, 1.165) is 6.42 Å². The molecule has 0 N–H and O–H groups in total. The lowest BCUT2D eigenvalue weighted by Crippen LogP contribution is -2.32. The number of aryl methyl sites for hydroxylation is 1. The topological polar surface area (TPSA) is 0 Å². The number of hydrogen-bond acceptors (Lipinski definition) is 0. The average Bonchev–Trinajstić information content (AvgIpc) is 3.34. The molecule has 5 aromatic carbocycles. The lowest BCUT2D eigenvalue weighted by Gasteiger charge is -2.36. The molecule has 3 aliphatic rings. The summed E-state index contributed by atoms with van der Waals surface area (Å²) in [5.41, 5.74) is 12.8. The van der Waals surface area contributed by atoms with Gasteiger partial charge in [-0.05, 0) is 80.8 Å². The fraction of sp³-hybridized carbons (Fsp3) is 0.143. The predicted octanol–water partition coefficient (Wildman–Crippen LogP) is 8.98. The summed E-state index contributed by atoms with van der Waals surface area (Å²) >= 11 is 0. The van der Waals surface area contributed by atoms with E-state index in [-0.39, 0.29) is 5.41 Å². The molecule has 0 saturated carbocycles. The van der Waals surface area contributed by atoms with E-state index in [4.69, 9.17) is 0 Å². The van der Waals surface area contributed by atoms with Crippen molar-refractivity contribution in [2.75, 3.05) is 0 Å². The van der Waals surface area contributed by atoms with E-state index in [1.54, 1.807) is 0 Å². The smallest absolute Gasteiger partial charge is 0.0541 e. The van der Waals surface area contributed by atoms with E-state index in [9.17, 15) is 0 Å². The Hall–Kier alpha value is -3.90. The first-order chi connectivity index (χ1) is 17.2. The van der Waals surface area contributed by atoms with Crippen LogP contribution in [-0.2, 0) is 5.41 Å². The maximum atomic E-state index is 2.47. The molecule has 35 heavy (non-hydrogen) atoms. The highest BCUT2D eigenvalue weighted by Crippen LogP contribution is 2.67. The van der Waals surface area contributed by atoms with Gasteiger partial charge in [-0.15, -0.1) is 0 Å². The zero-order valence-electron chi connectivity index (χ0n) is 20.1. The zero-order chi connectivity index (χ0) is 23.3. The van der Waals surface area contributed by atoms with E-state index in [0.29, 0.717) is 5.92 Å². The maximum Gasteiger partial charge on any atom is 0.0541 e. The molecule has 0 heteroatoms. The molecule has 166 valence electrons. The second-order valence-electron chi connectivity index (χ2n) is 10.6. The number of rotatable bonds is 0. The van der Waals surface area contributed by atoms with Crippen molar-refractivity contribution in [3.63, 3.8) is 0 Å². The van der Waals surface area contributed by atoms with Gasteiger partial charge in [-0.1, -0.05) is 114 Å². The molecular formula is C35H26. The summed E-state index contributed by atoms with van der Waals surface area (Å²) in [6.45, 7) is 4.48. The quantitative estimate of drug-likeness (QED) is 0.223. The second-order valence-corrected chi connectivity index (χ2v) is 10.6. The molecule has 5 aromatic rings. The fourth-order valence-corrected chi connectivity index (χ4v) is 7.50. The maximum absolute atomic E-state index is 2.47. The van der Waals surface area contributed by atoms with Gasteiger partial charge in [0.15, 0.2) is 0 Å². The molecule has 0 aliphatic heterocycles. The van der Waals surface area contributed by atoms with Crippen LogP contribution in [0.25, 0.3) is 38.2 Å². The summed E-state index contributed by atoms with van der Waals surface area (Å²) in [7, 11) is 0. The third-order valence-corrected chi connectivity index (χ3v) is 8.82. The summed E-state index contributed by atoms with van der Waals surface area (Å²) in [6.07, 6.45) is 6.00. The Balaban J connectivity index is 1.60. The van der Waals surface area contributed by atoms with Crippen molar-refractivity contribution >= 4 is 27.1 Å². The molecule has 0 bridgehead atoms. The second kappa shape index (κ2) is 6.61. The van der Waals surface area contributed by atoms with Crippen molar-refractivity contribution in [1.82, 2.24) is 0 Å². The molecule has 2 atom stereocenters. The minimum absolute atomic E-state index is 0.162. The Bertz CT molecular complexity index is 1790. The van der Waals surface area contributed by atoms with E-state index in [1.165, 1.54) is 71.6 Å². The Labute approximate surface area is 206 Å². The summed E-state index contributed by atoms with van der Waals surface area (Å²) < 4.78 is 0. The van der Waals surface area contributed by atoms with Gasteiger partial charge in [-0.2, -0.15) is 0 Å². The van der Waals surface area contributed by atoms with Gasteiger partial charge < -0.3 is 0 Å².